The Hall–Kier alpha value is -3.09. The van der Waals surface area contributed by atoms with Crippen molar-refractivity contribution in [2.24, 2.45) is 5.10 Å². The number of nitrogens with zero attached hydrogens (tertiary/aromatic N) is 1. The molecule has 0 radical (unpaired) electrons. The lowest BCUT2D eigenvalue weighted by atomic mass is 10.1. The highest BCUT2D eigenvalue weighted by molar-refractivity contribution is 6.37. The van der Waals surface area contributed by atoms with Gasteiger partial charge in [-0.15, -0.1) is 0 Å². The van der Waals surface area contributed by atoms with Gasteiger partial charge < -0.3 is 9.73 Å². The van der Waals surface area contributed by atoms with Gasteiger partial charge in [0.25, 0.3) is 5.91 Å². The molecule has 0 aliphatic carbocycles. The molecule has 148 valence electrons. The lowest BCUT2D eigenvalue weighted by molar-refractivity contribution is 0.0925. The smallest absolute Gasteiger partial charge is 0.307 e. The van der Waals surface area contributed by atoms with Crippen LogP contribution in [0.3, 0.4) is 0 Å². The molecule has 1 heterocycles. The minimum absolute atomic E-state index is 0.180. The van der Waals surface area contributed by atoms with E-state index >= 15 is 0 Å². The zero-order valence-electron chi connectivity index (χ0n) is 15.6. The molecule has 0 unspecified atom stereocenters. The fourth-order valence-electron chi connectivity index (χ4n) is 2.50. The lowest BCUT2D eigenvalue weighted by Crippen LogP contribution is -2.18. The highest BCUT2D eigenvalue weighted by atomic mass is 35.5. The van der Waals surface area contributed by atoms with Crippen molar-refractivity contribution in [2.45, 2.75) is 13.8 Å². The van der Waals surface area contributed by atoms with E-state index in [4.69, 9.17) is 27.6 Å². The molecule has 0 aliphatic rings. The fraction of sp³-hybridized carbons (Fsp3) is 0.0952. The second kappa shape index (κ2) is 8.94. The summed E-state index contributed by atoms with van der Waals surface area (Å²) in [6.07, 6.45) is 0. The van der Waals surface area contributed by atoms with Crippen molar-refractivity contribution >= 4 is 46.4 Å². The maximum absolute atomic E-state index is 12.5. The summed E-state index contributed by atoms with van der Waals surface area (Å²) in [6, 6.07) is 15.0. The molecule has 3 rings (SSSR count). The number of hydrazone groups is 1. The SMILES string of the molecule is C/C(=N\NC(=O)c1ccc(C)o1)c1cccc(NC(=O)c2ccc(Cl)cc2Cl)c1. The number of halogens is 2. The number of carbonyl (C=O) groups is 2. The second-order valence-electron chi connectivity index (χ2n) is 6.21. The first-order chi connectivity index (χ1) is 13.8. The fourth-order valence-corrected chi connectivity index (χ4v) is 3.00. The topological polar surface area (TPSA) is 83.7 Å². The number of amides is 2. The number of nitrogens with one attached hydrogen (secondary N) is 2. The molecular formula is C21H17Cl2N3O3. The summed E-state index contributed by atoms with van der Waals surface area (Å²) < 4.78 is 5.26. The minimum Gasteiger partial charge on any atom is -0.456 e. The molecule has 0 spiro atoms. The summed E-state index contributed by atoms with van der Waals surface area (Å²) in [7, 11) is 0. The van der Waals surface area contributed by atoms with E-state index in [1.807, 2.05) is 6.07 Å². The first-order valence-electron chi connectivity index (χ1n) is 8.61. The average molecular weight is 430 g/mol. The van der Waals surface area contributed by atoms with Crippen LogP contribution in [0.5, 0.6) is 0 Å². The highest BCUT2D eigenvalue weighted by Crippen LogP contribution is 2.22. The van der Waals surface area contributed by atoms with Crippen LogP contribution in [0.2, 0.25) is 10.0 Å². The maximum Gasteiger partial charge on any atom is 0.307 e. The summed E-state index contributed by atoms with van der Waals surface area (Å²) >= 11 is 11.9. The van der Waals surface area contributed by atoms with E-state index in [0.717, 1.165) is 5.56 Å². The Bertz CT molecular complexity index is 1110. The standard InChI is InChI=1S/C21H17Cl2N3O3/c1-12-6-9-19(29-12)21(28)26-25-13(2)14-4-3-5-16(10-14)24-20(27)17-8-7-15(22)11-18(17)23/h3-11H,1-2H3,(H,24,27)(H,26,28)/b25-13+. The second-order valence-corrected chi connectivity index (χ2v) is 7.05. The van der Waals surface area contributed by atoms with Gasteiger partial charge in [-0.25, -0.2) is 5.43 Å². The monoisotopic (exact) mass is 429 g/mol. The van der Waals surface area contributed by atoms with Crippen LogP contribution in [-0.4, -0.2) is 17.5 Å². The molecule has 8 heteroatoms. The zero-order valence-corrected chi connectivity index (χ0v) is 17.1. The minimum atomic E-state index is -0.445. The van der Waals surface area contributed by atoms with Crippen LogP contribution >= 0.6 is 23.2 Å². The Morgan fingerprint density at radius 3 is 2.48 bits per heavy atom. The van der Waals surface area contributed by atoms with E-state index in [1.165, 1.54) is 6.07 Å². The van der Waals surface area contributed by atoms with E-state index in [0.29, 0.717) is 27.7 Å². The average Bonchev–Trinajstić information content (AvgIpc) is 3.12. The highest BCUT2D eigenvalue weighted by Gasteiger charge is 2.12. The molecule has 2 N–H and O–H groups in total. The van der Waals surface area contributed by atoms with Gasteiger partial charge in [-0.05, 0) is 61.9 Å². The first kappa shape index (κ1) is 20.6. The van der Waals surface area contributed by atoms with Crippen LogP contribution in [0.15, 0.2) is 64.1 Å². The normalized spacial score (nSPS) is 11.2. The Kier molecular flexibility index (Phi) is 6.36. The largest absolute Gasteiger partial charge is 0.456 e. The van der Waals surface area contributed by atoms with Gasteiger partial charge >= 0.3 is 5.91 Å². The third-order valence-corrected chi connectivity index (χ3v) is 4.55. The molecule has 0 saturated heterocycles. The molecule has 2 aromatic carbocycles. The third-order valence-electron chi connectivity index (χ3n) is 4.00. The third kappa shape index (κ3) is 5.25. The summed E-state index contributed by atoms with van der Waals surface area (Å²) in [5.41, 5.74) is 4.60. The number of benzene rings is 2. The van der Waals surface area contributed by atoms with Crippen LogP contribution in [0.1, 0.15) is 39.2 Å². The number of aryl methyl sites for hydroxylation is 1. The number of carbonyl (C=O) groups excluding carboxylic acids is 2. The van der Waals surface area contributed by atoms with E-state index < -0.39 is 5.91 Å². The van der Waals surface area contributed by atoms with Crippen molar-refractivity contribution in [2.75, 3.05) is 5.32 Å². The summed E-state index contributed by atoms with van der Waals surface area (Å²) in [6.45, 7) is 3.49. The van der Waals surface area contributed by atoms with Crippen LogP contribution in [0.25, 0.3) is 0 Å². The van der Waals surface area contributed by atoms with Crippen molar-refractivity contribution in [3.63, 3.8) is 0 Å². The molecule has 0 atom stereocenters. The molecule has 3 aromatic rings. The lowest BCUT2D eigenvalue weighted by Gasteiger charge is -2.09. The molecule has 2 amide bonds. The summed E-state index contributed by atoms with van der Waals surface area (Å²) in [5, 5.41) is 7.59. The molecule has 0 fully saturated rings. The van der Waals surface area contributed by atoms with Crippen molar-refractivity contribution in [1.29, 1.82) is 0 Å². The van der Waals surface area contributed by atoms with E-state index in [-0.39, 0.29) is 16.7 Å². The Morgan fingerprint density at radius 1 is 1.00 bits per heavy atom. The predicted molar refractivity (Wildman–Crippen MR) is 114 cm³/mol. The van der Waals surface area contributed by atoms with E-state index in [1.54, 1.807) is 56.3 Å². The number of hydrogen-bond acceptors (Lipinski definition) is 4. The van der Waals surface area contributed by atoms with Crippen LogP contribution in [-0.2, 0) is 0 Å². The number of hydrogen-bond donors (Lipinski definition) is 2. The van der Waals surface area contributed by atoms with Crippen LogP contribution in [0.4, 0.5) is 5.69 Å². The molecule has 0 aliphatic heterocycles. The van der Waals surface area contributed by atoms with Gasteiger partial charge in [0.2, 0.25) is 0 Å². The predicted octanol–water partition coefficient (Wildman–Crippen LogP) is 5.30. The summed E-state index contributed by atoms with van der Waals surface area (Å²) in [5.74, 6) is 0.0131. The van der Waals surface area contributed by atoms with Crippen LogP contribution < -0.4 is 10.7 Å². The van der Waals surface area contributed by atoms with Gasteiger partial charge in [-0.2, -0.15) is 5.10 Å². The zero-order chi connectivity index (χ0) is 21.0. The van der Waals surface area contributed by atoms with Gasteiger partial charge in [0.05, 0.1) is 16.3 Å². The first-order valence-corrected chi connectivity index (χ1v) is 9.37. The quantitative estimate of drug-likeness (QED) is 0.426. The number of furan rings is 1. The molecular weight excluding hydrogens is 413 g/mol. The van der Waals surface area contributed by atoms with Gasteiger partial charge in [0.15, 0.2) is 5.76 Å². The molecule has 0 saturated carbocycles. The number of rotatable bonds is 5. The maximum atomic E-state index is 12.5. The number of anilines is 1. The van der Waals surface area contributed by atoms with Gasteiger partial charge in [0, 0.05) is 10.7 Å². The Balaban J connectivity index is 1.71. The van der Waals surface area contributed by atoms with Crippen molar-refractivity contribution < 1.29 is 14.0 Å². The molecule has 0 bridgehead atoms. The van der Waals surface area contributed by atoms with E-state index in [9.17, 15) is 9.59 Å². The van der Waals surface area contributed by atoms with Crippen molar-refractivity contribution in [1.82, 2.24) is 5.43 Å². The van der Waals surface area contributed by atoms with Crippen molar-refractivity contribution in [3.8, 4) is 0 Å². The Labute approximate surface area is 177 Å². The van der Waals surface area contributed by atoms with Crippen LogP contribution in [0, 0.1) is 6.92 Å². The van der Waals surface area contributed by atoms with Gasteiger partial charge in [0.1, 0.15) is 5.76 Å². The van der Waals surface area contributed by atoms with Crippen molar-refractivity contribution in [3.05, 3.63) is 87.3 Å². The molecule has 29 heavy (non-hydrogen) atoms. The molecule has 1 aromatic heterocycles. The molecule has 6 nitrogen and oxygen atoms in total. The Morgan fingerprint density at radius 2 is 1.79 bits per heavy atom. The van der Waals surface area contributed by atoms with Gasteiger partial charge in [-0.3, -0.25) is 9.59 Å². The van der Waals surface area contributed by atoms with E-state index in [2.05, 4.69) is 15.8 Å². The summed E-state index contributed by atoms with van der Waals surface area (Å²) in [4.78, 5) is 24.5. The van der Waals surface area contributed by atoms with Gasteiger partial charge in [-0.1, -0.05) is 35.3 Å².